The fourth-order valence-corrected chi connectivity index (χ4v) is 2.34. The van der Waals surface area contributed by atoms with Crippen LogP contribution in [0.1, 0.15) is 6.42 Å². The molecule has 0 saturated heterocycles. The van der Waals surface area contributed by atoms with Crippen LogP contribution >= 0.6 is 23.2 Å². The third kappa shape index (κ3) is 4.00. The number of benzene rings is 2. The van der Waals surface area contributed by atoms with Gasteiger partial charge >= 0.3 is 0 Å². The summed E-state index contributed by atoms with van der Waals surface area (Å²) in [5, 5.41) is 3.21. The summed E-state index contributed by atoms with van der Waals surface area (Å²) in [6.45, 7) is 0. The molecule has 0 fully saturated rings. The number of halogens is 2. The van der Waals surface area contributed by atoms with Crippen LogP contribution in [0.15, 0.2) is 48.5 Å². The van der Waals surface area contributed by atoms with Gasteiger partial charge in [-0.2, -0.15) is 0 Å². The normalized spacial score (nSPS) is 10.1. The molecule has 114 valence electrons. The molecule has 2 aromatic rings. The van der Waals surface area contributed by atoms with Crippen LogP contribution in [0.25, 0.3) is 0 Å². The molecule has 2 amide bonds. The van der Waals surface area contributed by atoms with E-state index in [1.807, 2.05) is 18.2 Å². The van der Waals surface area contributed by atoms with Crippen LogP contribution in [-0.2, 0) is 9.59 Å². The van der Waals surface area contributed by atoms with Crippen LogP contribution in [0, 0.1) is 0 Å². The van der Waals surface area contributed by atoms with E-state index in [1.54, 1.807) is 37.4 Å². The van der Waals surface area contributed by atoms with Gasteiger partial charge in [0, 0.05) is 12.7 Å². The summed E-state index contributed by atoms with van der Waals surface area (Å²) in [4.78, 5) is 25.5. The van der Waals surface area contributed by atoms with Crippen LogP contribution in [-0.4, -0.2) is 18.9 Å². The second-order valence-electron chi connectivity index (χ2n) is 4.61. The van der Waals surface area contributed by atoms with Crippen molar-refractivity contribution < 1.29 is 9.59 Å². The van der Waals surface area contributed by atoms with E-state index in [2.05, 4.69) is 5.32 Å². The molecule has 0 aromatic heterocycles. The Morgan fingerprint density at radius 2 is 1.59 bits per heavy atom. The van der Waals surface area contributed by atoms with Crippen molar-refractivity contribution in [3.63, 3.8) is 0 Å². The molecule has 0 aliphatic heterocycles. The molecule has 1 N–H and O–H groups in total. The van der Waals surface area contributed by atoms with Crippen molar-refractivity contribution in [3.05, 3.63) is 58.6 Å². The highest BCUT2D eigenvalue weighted by Gasteiger charge is 2.17. The number of amides is 2. The summed E-state index contributed by atoms with van der Waals surface area (Å²) in [5.41, 5.74) is 1.03. The first-order chi connectivity index (χ1) is 10.5. The average Bonchev–Trinajstić information content (AvgIpc) is 2.51. The molecule has 0 saturated carbocycles. The first kappa shape index (κ1) is 16.3. The zero-order chi connectivity index (χ0) is 16.1. The predicted octanol–water partition coefficient (Wildman–Crippen LogP) is 3.99. The van der Waals surface area contributed by atoms with E-state index < -0.39 is 5.91 Å². The summed E-state index contributed by atoms with van der Waals surface area (Å²) >= 11 is 11.9. The Hall–Kier alpha value is -2.04. The Balaban J connectivity index is 2.02. The van der Waals surface area contributed by atoms with Crippen LogP contribution < -0.4 is 10.2 Å². The van der Waals surface area contributed by atoms with Crippen LogP contribution in [0.4, 0.5) is 11.4 Å². The van der Waals surface area contributed by atoms with Gasteiger partial charge in [-0.05, 0) is 24.3 Å². The molecule has 0 spiro atoms. The lowest BCUT2D eigenvalue weighted by atomic mass is 10.2. The fourth-order valence-electron chi connectivity index (χ4n) is 1.85. The number of carbonyl (C=O) groups excluding carboxylic acids is 2. The number of nitrogens with one attached hydrogen (secondary N) is 1. The minimum atomic E-state index is -0.470. The van der Waals surface area contributed by atoms with Gasteiger partial charge in [0.1, 0.15) is 6.42 Å². The Morgan fingerprint density at radius 1 is 1.00 bits per heavy atom. The molecular weight excluding hydrogens is 323 g/mol. The lowest BCUT2D eigenvalue weighted by molar-refractivity contribution is -0.125. The molecule has 0 unspecified atom stereocenters. The molecule has 0 atom stereocenters. The Labute approximate surface area is 138 Å². The standard InChI is InChI=1S/C16H14Cl2N2O2/c1-20(11-6-3-2-4-7-11)15(22)10-14(21)19-16-12(17)8-5-9-13(16)18/h2-9H,10H2,1H3,(H,19,21). The monoisotopic (exact) mass is 336 g/mol. The third-order valence-corrected chi connectivity index (χ3v) is 3.69. The highest BCUT2D eigenvalue weighted by molar-refractivity contribution is 6.39. The van der Waals surface area contributed by atoms with E-state index in [4.69, 9.17) is 23.2 Å². The van der Waals surface area contributed by atoms with E-state index in [-0.39, 0.29) is 12.3 Å². The first-order valence-corrected chi connectivity index (χ1v) is 7.30. The van der Waals surface area contributed by atoms with E-state index in [9.17, 15) is 9.59 Å². The number of rotatable bonds is 4. The van der Waals surface area contributed by atoms with Gasteiger partial charge < -0.3 is 10.2 Å². The molecule has 0 radical (unpaired) electrons. The van der Waals surface area contributed by atoms with Gasteiger partial charge in [0.05, 0.1) is 15.7 Å². The number of hydrogen-bond donors (Lipinski definition) is 1. The SMILES string of the molecule is CN(C(=O)CC(=O)Nc1c(Cl)cccc1Cl)c1ccccc1. The van der Waals surface area contributed by atoms with Gasteiger partial charge in [0.25, 0.3) is 0 Å². The summed E-state index contributed by atoms with van der Waals surface area (Å²) in [6, 6.07) is 14.0. The predicted molar refractivity (Wildman–Crippen MR) is 89.6 cm³/mol. The van der Waals surface area contributed by atoms with Crippen molar-refractivity contribution in [2.24, 2.45) is 0 Å². The summed E-state index contributed by atoms with van der Waals surface area (Å²) in [7, 11) is 1.62. The van der Waals surface area contributed by atoms with E-state index in [1.165, 1.54) is 4.90 Å². The van der Waals surface area contributed by atoms with E-state index in [0.29, 0.717) is 15.7 Å². The van der Waals surface area contributed by atoms with Gasteiger partial charge in [-0.25, -0.2) is 0 Å². The maximum atomic E-state index is 12.1. The first-order valence-electron chi connectivity index (χ1n) is 6.54. The van der Waals surface area contributed by atoms with Gasteiger partial charge in [-0.15, -0.1) is 0 Å². The summed E-state index contributed by atoms with van der Waals surface area (Å²) < 4.78 is 0. The highest BCUT2D eigenvalue weighted by atomic mass is 35.5. The van der Waals surface area contributed by atoms with E-state index in [0.717, 1.165) is 5.69 Å². The Kier molecular flexibility index (Phi) is 5.41. The van der Waals surface area contributed by atoms with Gasteiger partial charge in [-0.1, -0.05) is 47.5 Å². The maximum Gasteiger partial charge on any atom is 0.236 e. The van der Waals surface area contributed by atoms with Crippen molar-refractivity contribution >= 4 is 46.4 Å². The third-order valence-electron chi connectivity index (χ3n) is 3.06. The van der Waals surface area contributed by atoms with Crippen LogP contribution in [0.2, 0.25) is 10.0 Å². The highest BCUT2D eigenvalue weighted by Crippen LogP contribution is 2.29. The number of para-hydroxylation sites is 2. The van der Waals surface area contributed by atoms with Gasteiger partial charge in [0.15, 0.2) is 0 Å². The van der Waals surface area contributed by atoms with Crippen molar-refractivity contribution in [2.45, 2.75) is 6.42 Å². The minimum absolute atomic E-state index is 0.299. The van der Waals surface area contributed by atoms with Crippen LogP contribution in [0.3, 0.4) is 0 Å². The lowest BCUT2D eigenvalue weighted by Gasteiger charge is -2.17. The number of hydrogen-bond acceptors (Lipinski definition) is 2. The smallest absolute Gasteiger partial charge is 0.236 e. The Bertz CT molecular complexity index is 670. The van der Waals surface area contributed by atoms with Gasteiger partial charge in [-0.3, -0.25) is 9.59 Å². The van der Waals surface area contributed by atoms with Crippen molar-refractivity contribution in [1.29, 1.82) is 0 Å². The number of anilines is 2. The van der Waals surface area contributed by atoms with Crippen molar-refractivity contribution in [1.82, 2.24) is 0 Å². The molecule has 0 heterocycles. The summed E-state index contributed by atoms with van der Waals surface area (Å²) in [6.07, 6.45) is -0.299. The molecule has 0 aliphatic rings. The molecule has 22 heavy (non-hydrogen) atoms. The molecule has 0 bridgehead atoms. The molecule has 6 heteroatoms. The summed E-state index contributed by atoms with van der Waals surface area (Å²) in [5.74, 6) is -0.797. The maximum absolute atomic E-state index is 12.1. The zero-order valence-corrected chi connectivity index (χ0v) is 13.4. The second-order valence-corrected chi connectivity index (χ2v) is 5.42. The molecule has 2 rings (SSSR count). The fraction of sp³-hybridized carbons (Fsp3) is 0.125. The molecule has 2 aromatic carbocycles. The van der Waals surface area contributed by atoms with E-state index >= 15 is 0 Å². The minimum Gasteiger partial charge on any atom is -0.323 e. The Morgan fingerprint density at radius 3 is 2.18 bits per heavy atom. The zero-order valence-electron chi connectivity index (χ0n) is 11.8. The average molecular weight is 337 g/mol. The number of nitrogens with zero attached hydrogens (tertiary/aromatic N) is 1. The number of carbonyl (C=O) groups is 2. The second kappa shape index (κ2) is 7.29. The van der Waals surface area contributed by atoms with Gasteiger partial charge in [0.2, 0.25) is 11.8 Å². The molecular formula is C16H14Cl2N2O2. The van der Waals surface area contributed by atoms with Crippen molar-refractivity contribution in [3.8, 4) is 0 Å². The van der Waals surface area contributed by atoms with Crippen molar-refractivity contribution in [2.75, 3.05) is 17.3 Å². The lowest BCUT2D eigenvalue weighted by Crippen LogP contribution is -2.30. The quantitative estimate of drug-likeness (QED) is 0.858. The topological polar surface area (TPSA) is 49.4 Å². The molecule has 0 aliphatic carbocycles. The largest absolute Gasteiger partial charge is 0.323 e. The van der Waals surface area contributed by atoms with Crippen LogP contribution in [0.5, 0.6) is 0 Å². The molecule has 4 nitrogen and oxygen atoms in total.